The molecule has 0 bridgehead atoms. The van der Waals surface area contributed by atoms with Crippen molar-refractivity contribution in [1.82, 2.24) is 10.1 Å². The van der Waals surface area contributed by atoms with Crippen molar-refractivity contribution in [3.05, 3.63) is 59.0 Å². The van der Waals surface area contributed by atoms with Crippen LogP contribution in [0.5, 0.6) is 5.75 Å². The summed E-state index contributed by atoms with van der Waals surface area (Å²) in [5.41, 5.74) is 1.93. The van der Waals surface area contributed by atoms with Crippen LogP contribution in [0, 0.1) is 13.8 Å². The van der Waals surface area contributed by atoms with Crippen LogP contribution in [0.1, 0.15) is 27.4 Å². The van der Waals surface area contributed by atoms with Crippen molar-refractivity contribution in [2.24, 2.45) is 0 Å². The molecule has 0 aliphatic carbocycles. The summed E-state index contributed by atoms with van der Waals surface area (Å²) in [5.74, 6) is 0.600. The second-order valence-corrected chi connectivity index (χ2v) is 6.74. The third-order valence-electron chi connectivity index (χ3n) is 4.92. The average Bonchev–Trinajstić information content (AvgIpc) is 3.03. The molecule has 6 heteroatoms. The minimum atomic E-state index is -0.440. The number of carbonyl (C=O) groups is 1. The Morgan fingerprint density at radius 3 is 2.67 bits per heavy atom. The Balaban J connectivity index is 1.70. The molecule has 0 amide bonds. The van der Waals surface area contributed by atoms with E-state index in [-0.39, 0.29) is 0 Å². The Bertz CT molecular complexity index is 954. The Morgan fingerprint density at radius 2 is 1.93 bits per heavy atom. The molecule has 1 aromatic heterocycles. The maximum atomic E-state index is 12.7. The average molecular weight is 366 g/mol. The van der Waals surface area contributed by atoms with Gasteiger partial charge in [0.1, 0.15) is 17.1 Å². The van der Waals surface area contributed by atoms with Gasteiger partial charge < -0.3 is 14.0 Å². The SMILES string of the molecule is Cc1noc(C)c1C(=O)Oc1ccc2ccccc2c1CN1CCOCC1. The van der Waals surface area contributed by atoms with E-state index >= 15 is 0 Å². The van der Waals surface area contributed by atoms with E-state index < -0.39 is 5.97 Å². The third kappa shape index (κ3) is 3.59. The summed E-state index contributed by atoms with van der Waals surface area (Å²) in [6, 6.07) is 12.0. The number of hydrogen-bond acceptors (Lipinski definition) is 6. The summed E-state index contributed by atoms with van der Waals surface area (Å²) >= 11 is 0. The van der Waals surface area contributed by atoms with Gasteiger partial charge in [-0.3, -0.25) is 4.90 Å². The zero-order chi connectivity index (χ0) is 18.8. The molecule has 0 N–H and O–H groups in total. The molecule has 1 fully saturated rings. The number of rotatable bonds is 4. The highest BCUT2D eigenvalue weighted by molar-refractivity contribution is 5.94. The fraction of sp³-hybridized carbons (Fsp3) is 0.333. The molecule has 1 saturated heterocycles. The second-order valence-electron chi connectivity index (χ2n) is 6.74. The largest absolute Gasteiger partial charge is 0.422 e. The molecule has 2 heterocycles. The Morgan fingerprint density at radius 1 is 1.15 bits per heavy atom. The first-order chi connectivity index (χ1) is 13.1. The number of nitrogens with zero attached hydrogens (tertiary/aromatic N) is 2. The highest BCUT2D eigenvalue weighted by Gasteiger charge is 2.22. The van der Waals surface area contributed by atoms with Crippen LogP contribution in [0.3, 0.4) is 0 Å². The van der Waals surface area contributed by atoms with E-state index in [4.69, 9.17) is 14.0 Å². The second kappa shape index (κ2) is 7.50. The molecule has 4 rings (SSSR count). The van der Waals surface area contributed by atoms with E-state index in [2.05, 4.69) is 22.2 Å². The van der Waals surface area contributed by atoms with Gasteiger partial charge in [-0.25, -0.2) is 4.79 Å². The van der Waals surface area contributed by atoms with Gasteiger partial charge >= 0.3 is 5.97 Å². The number of carbonyl (C=O) groups excluding carboxylic acids is 1. The van der Waals surface area contributed by atoms with Gasteiger partial charge in [0.05, 0.1) is 18.9 Å². The molecule has 0 atom stereocenters. The Kier molecular flexibility index (Phi) is 4.92. The van der Waals surface area contributed by atoms with Gasteiger partial charge in [0.25, 0.3) is 0 Å². The minimum absolute atomic E-state index is 0.389. The molecule has 0 radical (unpaired) electrons. The summed E-state index contributed by atoms with van der Waals surface area (Å²) < 4.78 is 16.4. The summed E-state index contributed by atoms with van der Waals surface area (Å²) in [4.78, 5) is 15.1. The summed E-state index contributed by atoms with van der Waals surface area (Å²) in [7, 11) is 0. The van der Waals surface area contributed by atoms with E-state index in [1.165, 1.54) is 0 Å². The van der Waals surface area contributed by atoms with Gasteiger partial charge in [0.15, 0.2) is 0 Å². The Hall–Kier alpha value is -2.70. The van der Waals surface area contributed by atoms with E-state index in [0.29, 0.717) is 29.3 Å². The van der Waals surface area contributed by atoms with Gasteiger partial charge in [0, 0.05) is 25.2 Å². The van der Waals surface area contributed by atoms with E-state index in [1.54, 1.807) is 13.8 Å². The molecule has 3 aromatic rings. The quantitative estimate of drug-likeness (QED) is 0.520. The zero-order valence-electron chi connectivity index (χ0n) is 15.5. The van der Waals surface area contributed by atoms with Crippen LogP contribution in [0.2, 0.25) is 0 Å². The lowest BCUT2D eigenvalue weighted by atomic mass is 10.0. The standard InChI is InChI=1S/C21H22N2O4/c1-14-20(15(2)27-22-14)21(24)26-19-8-7-16-5-3-4-6-17(16)18(19)13-23-9-11-25-12-10-23/h3-8H,9-13H2,1-2H3. The minimum Gasteiger partial charge on any atom is -0.422 e. The zero-order valence-corrected chi connectivity index (χ0v) is 15.5. The number of aromatic nitrogens is 1. The van der Waals surface area contributed by atoms with E-state index in [9.17, 15) is 4.79 Å². The lowest BCUT2D eigenvalue weighted by Crippen LogP contribution is -2.35. The van der Waals surface area contributed by atoms with Crippen molar-refractivity contribution in [3.63, 3.8) is 0 Å². The van der Waals surface area contributed by atoms with Gasteiger partial charge in [-0.2, -0.15) is 0 Å². The van der Waals surface area contributed by atoms with E-state index in [1.807, 2.05) is 24.3 Å². The maximum absolute atomic E-state index is 12.7. The molecular formula is C21H22N2O4. The first-order valence-corrected chi connectivity index (χ1v) is 9.09. The highest BCUT2D eigenvalue weighted by Crippen LogP contribution is 2.30. The van der Waals surface area contributed by atoms with Crippen LogP contribution in [-0.4, -0.2) is 42.3 Å². The number of ether oxygens (including phenoxy) is 2. The molecule has 1 aliphatic heterocycles. The molecule has 27 heavy (non-hydrogen) atoms. The molecule has 1 aliphatic rings. The fourth-order valence-electron chi connectivity index (χ4n) is 3.48. The van der Waals surface area contributed by atoms with Crippen LogP contribution in [0.15, 0.2) is 40.9 Å². The van der Waals surface area contributed by atoms with Crippen molar-refractivity contribution in [3.8, 4) is 5.75 Å². The first kappa shape index (κ1) is 17.7. The number of hydrogen-bond donors (Lipinski definition) is 0. The van der Waals surface area contributed by atoms with Crippen LogP contribution < -0.4 is 4.74 Å². The van der Waals surface area contributed by atoms with Gasteiger partial charge in [-0.05, 0) is 30.7 Å². The predicted octanol–water partition coefficient (Wildman–Crippen LogP) is 3.50. The Labute approximate surface area is 157 Å². The van der Waals surface area contributed by atoms with Gasteiger partial charge in [-0.1, -0.05) is 35.5 Å². The highest BCUT2D eigenvalue weighted by atomic mass is 16.5. The molecule has 0 spiro atoms. The van der Waals surface area contributed by atoms with Crippen molar-refractivity contribution < 1.29 is 18.8 Å². The van der Waals surface area contributed by atoms with E-state index in [0.717, 1.165) is 42.6 Å². The molecule has 6 nitrogen and oxygen atoms in total. The fourth-order valence-corrected chi connectivity index (χ4v) is 3.48. The molecule has 0 unspecified atom stereocenters. The number of morpholine rings is 1. The number of esters is 1. The normalized spacial score (nSPS) is 15.2. The molecular weight excluding hydrogens is 344 g/mol. The van der Waals surface area contributed by atoms with Crippen molar-refractivity contribution in [2.75, 3.05) is 26.3 Å². The van der Waals surface area contributed by atoms with Crippen molar-refractivity contribution in [2.45, 2.75) is 20.4 Å². The van der Waals surface area contributed by atoms with Crippen LogP contribution in [0.25, 0.3) is 10.8 Å². The van der Waals surface area contributed by atoms with Gasteiger partial charge in [-0.15, -0.1) is 0 Å². The number of fused-ring (bicyclic) bond motifs is 1. The van der Waals surface area contributed by atoms with Crippen LogP contribution in [-0.2, 0) is 11.3 Å². The van der Waals surface area contributed by atoms with Gasteiger partial charge in [0.2, 0.25) is 0 Å². The summed E-state index contributed by atoms with van der Waals surface area (Å²) in [6.07, 6.45) is 0. The number of aryl methyl sites for hydroxylation is 2. The van der Waals surface area contributed by atoms with Crippen molar-refractivity contribution in [1.29, 1.82) is 0 Å². The van der Waals surface area contributed by atoms with Crippen LogP contribution >= 0.6 is 0 Å². The maximum Gasteiger partial charge on any atom is 0.349 e. The predicted molar refractivity (Wildman–Crippen MR) is 101 cm³/mol. The molecule has 0 saturated carbocycles. The summed E-state index contributed by atoms with van der Waals surface area (Å²) in [6.45, 7) is 7.32. The first-order valence-electron chi connectivity index (χ1n) is 9.09. The molecule has 2 aromatic carbocycles. The molecule has 140 valence electrons. The lowest BCUT2D eigenvalue weighted by Gasteiger charge is -2.27. The van der Waals surface area contributed by atoms with Crippen LogP contribution in [0.4, 0.5) is 0 Å². The summed E-state index contributed by atoms with van der Waals surface area (Å²) in [5, 5.41) is 6.06. The topological polar surface area (TPSA) is 64.8 Å². The number of benzene rings is 2. The lowest BCUT2D eigenvalue weighted by molar-refractivity contribution is 0.0339. The smallest absolute Gasteiger partial charge is 0.349 e. The monoisotopic (exact) mass is 366 g/mol. The van der Waals surface area contributed by atoms with Crippen molar-refractivity contribution >= 4 is 16.7 Å². The third-order valence-corrected chi connectivity index (χ3v) is 4.92.